The van der Waals surface area contributed by atoms with Gasteiger partial charge in [-0.1, -0.05) is 24.3 Å². The molecule has 0 aliphatic heterocycles. The number of hydrogen-bond acceptors (Lipinski definition) is 2. The molecular formula is C20H19ClFN3O. The Morgan fingerprint density at radius 2 is 1.46 bits per heavy atom. The molecule has 0 atom stereocenters. The molecule has 1 heterocycles. The van der Waals surface area contributed by atoms with Gasteiger partial charge in [0.2, 0.25) is 0 Å². The maximum Gasteiger partial charge on any atom is 0.508 e. The Bertz CT molecular complexity index is 870. The van der Waals surface area contributed by atoms with E-state index in [1.807, 2.05) is 61.5 Å². The quantitative estimate of drug-likeness (QED) is 0.642. The number of pyridine rings is 1. The molecule has 0 aliphatic rings. The number of amides is 1. The van der Waals surface area contributed by atoms with Crippen LogP contribution in [0.1, 0.15) is 0 Å². The zero-order valence-corrected chi connectivity index (χ0v) is 15.3. The third-order valence-corrected chi connectivity index (χ3v) is 3.82. The molecule has 0 unspecified atom stereocenters. The predicted octanol–water partition coefficient (Wildman–Crippen LogP) is 0.990. The van der Waals surface area contributed by atoms with Crippen molar-refractivity contribution in [2.75, 3.05) is 23.9 Å². The molecule has 0 saturated carbocycles. The summed E-state index contributed by atoms with van der Waals surface area (Å²) in [5.41, 5.74) is 2.13. The Kier molecular flexibility index (Phi) is 6.31. The maximum atomic E-state index is 13.7. The molecule has 26 heavy (non-hydrogen) atoms. The van der Waals surface area contributed by atoms with E-state index in [0.29, 0.717) is 11.4 Å². The van der Waals surface area contributed by atoms with Crippen LogP contribution in [0, 0.1) is 5.82 Å². The number of carbonyl (C=O) groups is 1. The van der Waals surface area contributed by atoms with E-state index in [4.69, 9.17) is 0 Å². The van der Waals surface area contributed by atoms with Crippen molar-refractivity contribution in [2.24, 2.45) is 0 Å². The summed E-state index contributed by atoms with van der Waals surface area (Å²) in [5.74, 6) is -0.390. The molecule has 6 heteroatoms. The van der Waals surface area contributed by atoms with Gasteiger partial charge in [0.05, 0.1) is 0 Å². The summed E-state index contributed by atoms with van der Waals surface area (Å²) < 4.78 is 15.2. The number of benzene rings is 2. The average Bonchev–Trinajstić information content (AvgIpc) is 2.63. The lowest BCUT2D eigenvalue weighted by molar-refractivity contribution is -0.569. The van der Waals surface area contributed by atoms with E-state index in [0.717, 1.165) is 5.69 Å². The molecule has 2 aromatic carbocycles. The minimum Gasteiger partial charge on any atom is -1.00 e. The highest BCUT2D eigenvalue weighted by Crippen LogP contribution is 2.25. The number of halogens is 2. The lowest BCUT2D eigenvalue weighted by Crippen LogP contribution is -3.00. The number of hydrogen-bond donors (Lipinski definition) is 0. The van der Waals surface area contributed by atoms with E-state index >= 15 is 0 Å². The summed E-state index contributed by atoms with van der Waals surface area (Å²) in [6, 6.07) is 18.6. The number of rotatable bonds is 3. The van der Waals surface area contributed by atoms with Crippen LogP contribution in [0.15, 0.2) is 79.1 Å². The summed E-state index contributed by atoms with van der Waals surface area (Å²) in [5, 5.41) is 0. The van der Waals surface area contributed by atoms with Crippen molar-refractivity contribution in [3.8, 4) is 0 Å². The first kappa shape index (κ1) is 19.4. The first-order valence-electron chi connectivity index (χ1n) is 7.90. The molecule has 3 aromatic rings. The fourth-order valence-electron chi connectivity index (χ4n) is 2.52. The van der Waals surface area contributed by atoms with E-state index in [2.05, 4.69) is 0 Å². The zero-order chi connectivity index (χ0) is 17.8. The van der Waals surface area contributed by atoms with Gasteiger partial charge in [0.25, 0.3) is 0 Å². The molecule has 1 amide bonds. The monoisotopic (exact) mass is 371 g/mol. The third kappa shape index (κ3) is 4.18. The molecule has 0 bridgehead atoms. The number of carbonyl (C=O) groups excluding carboxylic acids is 1. The highest BCUT2D eigenvalue weighted by molar-refractivity contribution is 5.94. The van der Waals surface area contributed by atoms with Gasteiger partial charge in [0.1, 0.15) is 29.6 Å². The lowest BCUT2D eigenvalue weighted by Gasteiger charge is -2.16. The molecule has 1 aromatic heterocycles. The van der Waals surface area contributed by atoms with E-state index in [1.165, 1.54) is 21.6 Å². The van der Waals surface area contributed by atoms with Gasteiger partial charge in [-0.15, -0.1) is 0 Å². The summed E-state index contributed by atoms with van der Waals surface area (Å²) in [6.45, 7) is 0. The van der Waals surface area contributed by atoms with Crippen LogP contribution in [0.25, 0.3) is 0 Å². The maximum absolute atomic E-state index is 13.7. The molecule has 0 N–H and O–H groups in total. The molecule has 0 aliphatic carbocycles. The van der Waals surface area contributed by atoms with Crippen LogP contribution in [0.4, 0.5) is 26.2 Å². The van der Waals surface area contributed by atoms with Crippen molar-refractivity contribution in [2.45, 2.75) is 0 Å². The van der Waals surface area contributed by atoms with Crippen LogP contribution in [-0.2, 0) is 0 Å². The van der Waals surface area contributed by atoms with Crippen molar-refractivity contribution in [3.05, 3.63) is 84.9 Å². The third-order valence-electron chi connectivity index (χ3n) is 3.82. The Balaban J connectivity index is 0.00000243. The second-order valence-electron chi connectivity index (χ2n) is 5.79. The SMILES string of the molecule is CN(C)c1cc[n+](C(=O)N(c2ccccc2)c2cccc(F)c2)cc1.[Cl-]. The number of aromatic nitrogens is 1. The van der Waals surface area contributed by atoms with Crippen LogP contribution in [0.3, 0.4) is 0 Å². The molecule has 0 spiro atoms. The highest BCUT2D eigenvalue weighted by Gasteiger charge is 2.29. The standard InChI is InChI=1S/C20H19FN3O.ClH/c1-22(2)17-11-13-23(14-12-17)20(25)24(18-8-4-3-5-9-18)19-10-6-7-16(21)15-19;/h3-15H,1-2H3;1H/q+1;/p-1. The topological polar surface area (TPSA) is 27.4 Å². The fraction of sp³-hybridized carbons (Fsp3) is 0.100. The van der Waals surface area contributed by atoms with Gasteiger partial charge in [-0.05, 0) is 24.3 Å². The van der Waals surface area contributed by atoms with E-state index in [1.54, 1.807) is 24.5 Å². The normalized spacial score (nSPS) is 9.96. The molecule has 0 saturated heterocycles. The van der Waals surface area contributed by atoms with Gasteiger partial charge in [0.15, 0.2) is 0 Å². The van der Waals surface area contributed by atoms with Crippen LogP contribution >= 0.6 is 0 Å². The number of para-hydroxylation sites is 1. The van der Waals surface area contributed by atoms with Gasteiger partial charge in [-0.2, -0.15) is 14.3 Å². The Labute approximate surface area is 158 Å². The van der Waals surface area contributed by atoms with Crippen molar-refractivity contribution < 1.29 is 26.2 Å². The van der Waals surface area contributed by atoms with Gasteiger partial charge >= 0.3 is 6.03 Å². The smallest absolute Gasteiger partial charge is 0.508 e. The number of nitrogens with zero attached hydrogens (tertiary/aromatic N) is 3. The largest absolute Gasteiger partial charge is 1.00 e. The molecule has 0 fully saturated rings. The van der Waals surface area contributed by atoms with Crippen molar-refractivity contribution in [1.82, 2.24) is 0 Å². The van der Waals surface area contributed by atoms with Crippen LogP contribution in [0.5, 0.6) is 0 Å². The summed E-state index contributed by atoms with van der Waals surface area (Å²) in [4.78, 5) is 16.5. The molecule has 3 rings (SSSR count). The Morgan fingerprint density at radius 3 is 2.04 bits per heavy atom. The molecule has 0 radical (unpaired) electrons. The van der Waals surface area contributed by atoms with Crippen LogP contribution < -0.4 is 26.8 Å². The van der Waals surface area contributed by atoms with Gasteiger partial charge in [-0.25, -0.2) is 4.39 Å². The minimum atomic E-state index is -0.390. The summed E-state index contributed by atoms with van der Waals surface area (Å²) in [6.07, 6.45) is 3.40. The first-order chi connectivity index (χ1) is 12.1. The van der Waals surface area contributed by atoms with Crippen molar-refractivity contribution in [1.29, 1.82) is 0 Å². The zero-order valence-electron chi connectivity index (χ0n) is 14.5. The van der Waals surface area contributed by atoms with E-state index < -0.39 is 0 Å². The summed E-state index contributed by atoms with van der Waals surface area (Å²) in [7, 11) is 3.87. The van der Waals surface area contributed by atoms with Crippen molar-refractivity contribution in [3.63, 3.8) is 0 Å². The van der Waals surface area contributed by atoms with E-state index in [-0.39, 0.29) is 24.3 Å². The highest BCUT2D eigenvalue weighted by atomic mass is 35.5. The van der Waals surface area contributed by atoms with Gasteiger partial charge < -0.3 is 17.3 Å². The minimum absolute atomic E-state index is 0. The summed E-state index contributed by atoms with van der Waals surface area (Å²) >= 11 is 0. The first-order valence-corrected chi connectivity index (χ1v) is 7.90. The Morgan fingerprint density at radius 1 is 0.846 bits per heavy atom. The molecular weight excluding hydrogens is 353 g/mol. The second-order valence-corrected chi connectivity index (χ2v) is 5.79. The van der Waals surface area contributed by atoms with Gasteiger partial charge in [0, 0.05) is 38.0 Å². The number of anilines is 3. The van der Waals surface area contributed by atoms with Crippen LogP contribution in [-0.4, -0.2) is 20.1 Å². The Hall–Kier alpha value is -2.92. The predicted molar refractivity (Wildman–Crippen MR) is 96.7 cm³/mol. The fourth-order valence-corrected chi connectivity index (χ4v) is 2.52. The second kappa shape index (κ2) is 8.45. The van der Waals surface area contributed by atoms with Gasteiger partial charge in [-0.3, -0.25) is 0 Å². The molecule has 134 valence electrons. The van der Waals surface area contributed by atoms with E-state index in [9.17, 15) is 9.18 Å². The average molecular weight is 372 g/mol. The van der Waals surface area contributed by atoms with Crippen LogP contribution in [0.2, 0.25) is 0 Å². The van der Waals surface area contributed by atoms with Crippen molar-refractivity contribution >= 4 is 23.1 Å². The lowest BCUT2D eigenvalue weighted by atomic mass is 10.2. The molecule has 4 nitrogen and oxygen atoms in total.